The van der Waals surface area contributed by atoms with Gasteiger partial charge in [0.1, 0.15) is 5.75 Å². The van der Waals surface area contributed by atoms with Gasteiger partial charge in [0.2, 0.25) is 5.78 Å². The molecule has 0 aliphatic carbocycles. The van der Waals surface area contributed by atoms with Gasteiger partial charge in [-0.15, -0.1) is 11.3 Å². The van der Waals surface area contributed by atoms with Crippen LogP contribution in [-0.4, -0.2) is 12.4 Å². The average Bonchev–Trinajstić information content (AvgIpc) is 3.12. The molecule has 0 atom stereocenters. The van der Waals surface area contributed by atoms with Gasteiger partial charge in [-0.1, -0.05) is 18.2 Å². The molecule has 3 rings (SSSR count). The summed E-state index contributed by atoms with van der Waals surface area (Å²) in [6.07, 6.45) is 0. The summed E-state index contributed by atoms with van der Waals surface area (Å²) >= 11 is 1.34. The van der Waals surface area contributed by atoms with Crippen molar-refractivity contribution in [3.8, 4) is 16.9 Å². The molecule has 1 aromatic heterocycles. The lowest BCUT2D eigenvalue weighted by molar-refractivity contribution is 0.103. The van der Waals surface area contributed by atoms with Crippen molar-refractivity contribution in [3.05, 3.63) is 76.0 Å². The Morgan fingerprint density at radius 2 is 1.79 bits per heavy atom. The van der Waals surface area contributed by atoms with Crippen LogP contribution in [0, 0.1) is 11.6 Å². The number of ether oxygens (including phenoxy) is 1. The first kappa shape index (κ1) is 16.3. The van der Waals surface area contributed by atoms with Gasteiger partial charge in [-0.25, -0.2) is 8.78 Å². The van der Waals surface area contributed by atoms with E-state index in [1.807, 2.05) is 12.3 Å². The van der Waals surface area contributed by atoms with Gasteiger partial charge < -0.3 is 4.74 Å². The second-order valence-corrected chi connectivity index (χ2v) is 6.03. The van der Waals surface area contributed by atoms with E-state index in [0.717, 1.165) is 12.1 Å². The van der Waals surface area contributed by atoms with E-state index in [2.05, 4.69) is 0 Å². The molecule has 0 radical (unpaired) electrons. The molecule has 1 heterocycles. The van der Waals surface area contributed by atoms with E-state index in [-0.39, 0.29) is 5.78 Å². The lowest BCUT2D eigenvalue weighted by Gasteiger charge is -2.11. The molecule has 24 heavy (non-hydrogen) atoms. The molecule has 0 N–H and O–H groups in total. The fourth-order valence-corrected chi connectivity index (χ4v) is 3.06. The van der Waals surface area contributed by atoms with Crippen LogP contribution in [0.5, 0.6) is 5.75 Å². The zero-order valence-electron chi connectivity index (χ0n) is 12.9. The first-order chi connectivity index (χ1) is 11.6. The summed E-state index contributed by atoms with van der Waals surface area (Å²) in [4.78, 5) is 13.3. The number of carbonyl (C=O) groups excluding carboxylic acids is 1. The van der Waals surface area contributed by atoms with Crippen molar-refractivity contribution in [2.75, 3.05) is 6.61 Å². The summed E-state index contributed by atoms with van der Waals surface area (Å²) in [6.45, 7) is 2.26. The summed E-state index contributed by atoms with van der Waals surface area (Å²) in [6, 6.07) is 12.3. The zero-order chi connectivity index (χ0) is 17.1. The number of benzene rings is 2. The highest BCUT2D eigenvalue weighted by molar-refractivity contribution is 7.12. The van der Waals surface area contributed by atoms with Gasteiger partial charge in [0.05, 0.1) is 17.0 Å². The molecule has 3 aromatic rings. The topological polar surface area (TPSA) is 26.3 Å². The molecule has 2 nitrogen and oxygen atoms in total. The average molecular weight is 344 g/mol. The van der Waals surface area contributed by atoms with E-state index in [0.29, 0.717) is 33.9 Å². The molecule has 0 aliphatic heterocycles. The minimum atomic E-state index is -0.924. The number of halogens is 2. The minimum absolute atomic E-state index is 0.155. The molecule has 0 spiro atoms. The van der Waals surface area contributed by atoms with Crippen molar-refractivity contribution in [3.63, 3.8) is 0 Å². The Labute approximate surface area is 142 Å². The molecule has 0 amide bonds. The number of carbonyl (C=O) groups is 1. The van der Waals surface area contributed by atoms with Crippen LogP contribution >= 0.6 is 11.3 Å². The highest BCUT2D eigenvalue weighted by Crippen LogP contribution is 2.30. The first-order valence-corrected chi connectivity index (χ1v) is 8.28. The van der Waals surface area contributed by atoms with E-state index >= 15 is 0 Å². The number of hydrogen-bond donors (Lipinski definition) is 0. The predicted octanol–water partition coefficient (Wildman–Crippen LogP) is 5.32. The number of thiophene rings is 1. The van der Waals surface area contributed by atoms with Gasteiger partial charge >= 0.3 is 0 Å². The molecule has 0 aliphatic rings. The van der Waals surface area contributed by atoms with Crippen LogP contribution < -0.4 is 4.74 Å². The third kappa shape index (κ3) is 3.21. The van der Waals surface area contributed by atoms with Crippen molar-refractivity contribution in [1.82, 2.24) is 0 Å². The van der Waals surface area contributed by atoms with Gasteiger partial charge in [-0.05, 0) is 53.8 Å². The Morgan fingerprint density at radius 3 is 2.46 bits per heavy atom. The monoisotopic (exact) mass is 344 g/mol. The Bertz CT molecular complexity index is 873. The lowest BCUT2D eigenvalue weighted by Crippen LogP contribution is -2.04. The molecule has 5 heteroatoms. The molecular weight excluding hydrogens is 330 g/mol. The van der Waals surface area contributed by atoms with E-state index < -0.39 is 11.6 Å². The van der Waals surface area contributed by atoms with Crippen LogP contribution in [0.2, 0.25) is 0 Å². The summed E-state index contributed by atoms with van der Waals surface area (Å²) in [5.74, 6) is -1.51. The zero-order valence-corrected chi connectivity index (χ0v) is 13.7. The Kier molecular flexibility index (Phi) is 4.71. The summed E-state index contributed by atoms with van der Waals surface area (Å²) in [5.41, 5.74) is 1.52. The molecule has 0 fully saturated rings. The SMILES string of the molecule is CCOc1ccc(-c2ccc(F)c(F)c2)cc1C(=O)c1cccs1. The maximum absolute atomic E-state index is 13.5. The van der Waals surface area contributed by atoms with Crippen molar-refractivity contribution in [1.29, 1.82) is 0 Å². The summed E-state index contributed by atoms with van der Waals surface area (Å²) in [7, 11) is 0. The van der Waals surface area contributed by atoms with Crippen molar-refractivity contribution < 1.29 is 18.3 Å². The van der Waals surface area contributed by atoms with Crippen LogP contribution in [0.25, 0.3) is 11.1 Å². The van der Waals surface area contributed by atoms with Crippen LogP contribution in [0.4, 0.5) is 8.78 Å². The van der Waals surface area contributed by atoms with Gasteiger partial charge in [-0.2, -0.15) is 0 Å². The fourth-order valence-electron chi connectivity index (χ4n) is 2.38. The number of hydrogen-bond acceptors (Lipinski definition) is 3. The number of rotatable bonds is 5. The van der Waals surface area contributed by atoms with Gasteiger partial charge in [-0.3, -0.25) is 4.79 Å². The van der Waals surface area contributed by atoms with Crippen LogP contribution in [0.15, 0.2) is 53.9 Å². The Morgan fingerprint density at radius 1 is 1.04 bits per heavy atom. The van der Waals surface area contributed by atoms with Crippen molar-refractivity contribution in [2.24, 2.45) is 0 Å². The molecule has 122 valence electrons. The Hall–Kier alpha value is -2.53. The minimum Gasteiger partial charge on any atom is -0.493 e. The van der Waals surface area contributed by atoms with Crippen LogP contribution in [-0.2, 0) is 0 Å². The normalized spacial score (nSPS) is 10.6. The molecule has 0 saturated heterocycles. The van der Waals surface area contributed by atoms with E-state index in [4.69, 9.17) is 4.74 Å². The summed E-state index contributed by atoms with van der Waals surface area (Å²) < 4.78 is 32.1. The van der Waals surface area contributed by atoms with E-state index in [1.165, 1.54) is 17.4 Å². The summed E-state index contributed by atoms with van der Waals surface area (Å²) in [5, 5.41) is 1.83. The maximum Gasteiger partial charge on any atom is 0.206 e. The molecule has 0 bridgehead atoms. The van der Waals surface area contributed by atoms with E-state index in [9.17, 15) is 13.6 Å². The van der Waals surface area contributed by atoms with Crippen LogP contribution in [0.3, 0.4) is 0 Å². The largest absolute Gasteiger partial charge is 0.493 e. The third-order valence-corrected chi connectivity index (χ3v) is 4.39. The smallest absolute Gasteiger partial charge is 0.206 e. The highest BCUT2D eigenvalue weighted by atomic mass is 32.1. The highest BCUT2D eigenvalue weighted by Gasteiger charge is 2.17. The van der Waals surface area contributed by atoms with Gasteiger partial charge in [0, 0.05) is 0 Å². The second kappa shape index (κ2) is 6.93. The van der Waals surface area contributed by atoms with Crippen LogP contribution in [0.1, 0.15) is 22.2 Å². The van der Waals surface area contributed by atoms with Crippen molar-refractivity contribution >= 4 is 17.1 Å². The third-order valence-electron chi connectivity index (χ3n) is 3.52. The van der Waals surface area contributed by atoms with E-state index in [1.54, 1.807) is 30.3 Å². The lowest BCUT2D eigenvalue weighted by atomic mass is 9.99. The predicted molar refractivity (Wildman–Crippen MR) is 90.7 cm³/mol. The standard InChI is InChI=1S/C19H14F2O2S/c1-2-23-17-8-6-12(13-5-7-15(20)16(21)11-13)10-14(17)19(22)18-4-3-9-24-18/h3-11H,2H2,1H3. The molecule has 2 aromatic carbocycles. The molecule has 0 unspecified atom stereocenters. The van der Waals surface area contributed by atoms with Gasteiger partial charge in [0.15, 0.2) is 11.6 Å². The first-order valence-electron chi connectivity index (χ1n) is 7.40. The van der Waals surface area contributed by atoms with Crippen molar-refractivity contribution in [2.45, 2.75) is 6.92 Å². The second-order valence-electron chi connectivity index (χ2n) is 5.08. The number of ketones is 1. The Balaban J connectivity index is 2.08. The quantitative estimate of drug-likeness (QED) is 0.585. The fraction of sp³-hybridized carbons (Fsp3) is 0.105. The van der Waals surface area contributed by atoms with Gasteiger partial charge in [0.25, 0.3) is 0 Å². The molecule has 0 saturated carbocycles. The maximum atomic E-state index is 13.5. The molecular formula is C19H14F2O2S.